The third-order valence-corrected chi connectivity index (χ3v) is 11.8. The van der Waals surface area contributed by atoms with E-state index in [0.29, 0.717) is 24.3 Å². The van der Waals surface area contributed by atoms with Crippen molar-refractivity contribution in [1.82, 2.24) is 40.5 Å². The number of aromatic nitrogens is 3. The molecule has 2 fully saturated rings. The molecule has 1 aromatic carbocycles. The van der Waals surface area contributed by atoms with E-state index >= 15 is 0 Å². The van der Waals surface area contributed by atoms with Crippen LogP contribution >= 0.6 is 11.6 Å². The second-order valence-electron chi connectivity index (χ2n) is 15.7. The van der Waals surface area contributed by atoms with Crippen LogP contribution in [-0.4, -0.2) is 94.6 Å². The van der Waals surface area contributed by atoms with E-state index in [1.807, 2.05) is 0 Å². The molecule has 312 valence electrons. The SMILES string of the molecule is CCC[C@H](NC(=O)[C@@H]1C[C@@H](Oc2ccc(Cl)cn2)CN1C(=O)[C@@H](NC(=O)[C@@H](NC(=O)c1cnccn1)C1CCCCC1)C(C)(C)C)C(=O)NS(=O)(=O)c1ccccc1. The Balaban J connectivity index is 1.41. The molecule has 18 heteroatoms. The van der Waals surface area contributed by atoms with Crippen molar-refractivity contribution in [1.29, 1.82) is 0 Å². The number of nitrogens with one attached hydrogen (secondary N) is 4. The van der Waals surface area contributed by atoms with Crippen molar-refractivity contribution in [2.75, 3.05) is 6.54 Å². The summed E-state index contributed by atoms with van der Waals surface area (Å²) < 4.78 is 34.2. The minimum Gasteiger partial charge on any atom is -0.472 e. The van der Waals surface area contributed by atoms with Crippen LogP contribution in [0.4, 0.5) is 0 Å². The zero-order chi connectivity index (χ0) is 42.0. The van der Waals surface area contributed by atoms with Crippen LogP contribution in [0.3, 0.4) is 0 Å². The molecule has 1 saturated heterocycles. The van der Waals surface area contributed by atoms with Gasteiger partial charge >= 0.3 is 0 Å². The van der Waals surface area contributed by atoms with Gasteiger partial charge in [-0.3, -0.25) is 29.0 Å². The second-order valence-corrected chi connectivity index (χ2v) is 17.8. The summed E-state index contributed by atoms with van der Waals surface area (Å²) in [6.45, 7) is 7.00. The van der Waals surface area contributed by atoms with Crippen molar-refractivity contribution in [3.8, 4) is 5.88 Å². The smallest absolute Gasteiger partial charge is 0.272 e. The molecule has 5 atom stereocenters. The van der Waals surface area contributed by atoms with Crippen molar-refractivity contribution in [3.05, 3.63) is 78.0 Å². The van der Waals surface area contributed by atoms with Crippen LogP contribution in [-0.2, 0) is 29.2 Å². The third kappa shape index (κ3) is 11.5. The van der Waals surface area contributed by atoms with Crippen LogP contribution in [0.2, 0.25) is 5.02 Å². The van der Waals surface area contributed by atoms with Crippen LogP contribution in [0.1, 0.15) is 89.5 Å². The Labute approximate surface area is 343 Å². The number of hydrogen-bond donors (Lipinski definition) is 4. The molecule has 1 saturated carbocycles. The number of carbonyl (C=O) groups excluding carboxylic acids is 5. The van der Waals surface area contributed by atoms with Gasteiger partial charge in [0.25, 0.3) is 21.8 Å². The molecule has 5 rings (SSSR count). The molecule has 0 spiro atoms. The Kier molecular flexibility index (Phi) is 14.8. The lowest BCUT2D eigenvalue weighted by atomic mass is 9.82. The third-order valence-electron chi connectivity index (χ3n) is 10.2. The lowest BCUT2D eigenvalue weighted by molar-refractivity contribution is -0.144. The Morgan fingerprint density at radius 1 is 0.914 bits per heavy atom. The summed E-state index contributed by atoms with van der Waals surface area (Å²) in [4.78, 5) is 83.4. The summed E-state index contributed by atoms with van der Waals surface area (Å²) in [5.74, 6) is -3.39. The number of carbonyl (C=O) groups is 5. The average Bonchev–Trinajstić information content (AvgIpc) is 3.63. The highest BCUT2D eigenvalue weighted by molar-refractivity contribution is 7.90. The first-order chi connectivity index (χ1) is 27.6. The summed E-state index contributed by atoms with van der Waals surface area (Å²) >= 11 is 6.02. The number of likely N-dealkylation sites (tertiary alicyclic amines) is 1. The molecule has 3 heterocycles. The number of hydrogen-bond acceptors (Lipinski definition) is 11. The van der Waals surface area contributed by atoms with Gasteiger partial charge in [0.15, 0.2) is 0 Å². The Morgan fingerprint density at radius 3 is 2.26 bits per heavy atom. The number of ether oxygens (including phenoxy) is 1. The normalized spacial score (nSPS) is 18.9. The number of halogens is 1. The Morgan fingerprint density at radius 2 is 1.64 bits per heavy atom. The summed E-state index contributed by atoms with van der Waals surface area (Å²) in [5, 5.41) is 8.84. The molecular weight excluding hydrogens is 788 g/mol. The molecular formula is C40H51ClN8O8S. The lowest BCUT2D eigenvalue weighted by Crippen LogP contribution is -2.62. The zero-order valence-electron chi connectivity index (χ0n) is 33.0. The van der Waals surface area contributed by atoms with Crippen LogP contribution in [0.15, 0.2) is 72.1 Å². The van der Waals surface area contributed by atoms with Gasteiger partial charge in [0, 0.05) is 31.1 Å². The predicted molar refractivity (Wildman–Crippen MR) is 214 cm³/mol. The van der Waals surface area contributed by atoms with Crippen molar-refractivity contribution >= 4 is 51.2 Å². The molecule has 58 heavy (non-hydrogen) atoms. The highest BCUT2D eigenvalue weighted by Crippen LogP contribution is 2.30. The van der Waals surface area contributed by atoms with Gasteiger partial charge in [0.2, 0.25) is 23.6 Å². The molecule has 0 radical (unpaired) electrons. The molecule has 2 aromatic heterocycles. The molecule has 0 unspecified atom stereocenters. The molecule has 3 aromatic rings. The molecule has 2 aliphatic rings. The number of amides is 5. The van der Waals surface area contributed by atoms with E-state index in [1.54, 1.807) is 45.9 Å². The molecule has 1 aliphatic heterocycles. The minimum absolute atomic E-state index is 0.0195. The number of sulfonamides is 1. The van der Waals surface area contributed by atoms with Gasteiger partial charge in [-0.15, -0.1) is 0 Å². The van der Waals surface area contributed by atoms with Gasteiger partial charge in [-0.1, -0.05) is 83.2 Å². The Hall–Kier alpha value is -5.16. The lowest BCUT2D eigenvalue weighted by Gasteiger charge is -2.37. The molecule has 4 N–H and O–H groups in total. The minimum atomic E-state index is -4.25. The second kappa shape index (κ2) is 19.5. The van der Waals surface area contributed by atoms with Gasteiger partial charge in [-0.05, 0) is 48.8 Å². The summed E-state index contributed by atoms with van der Waals surface area (Å²) in [7, 11) is -4.25. The van der Waals surface area contributed by atoms with Crippen molar-refractivity contribution in [2.45, 2.75) is 114 Å². The number of benzene rings is 1. The number of rotatable bonds is 15. The zero-order valence-corrected chi connectivity index (χ0v) is 34.6. The highest BCUT2D eigenvalue weighted by atomic mass is 35.5. The fourth-order valence-corrected chi connectivity index (χ4v) is 8.36. The number of nitrogens with zero attached hydrogens (tertiary/aromatic N) is 4. The van der Waals surface area contributed by atoms with E-state index in [1.165, 1.54) is 54.0 Å². The van der Waals surface area contributed by atoms with Crippen LogP contribution in [0.5, 0.6) is 5.88 Å². The maximum atomic E-state index is 14.8. The van der Waals surface area contributed by atoms with Gasteiger partial charge < -0.3 is 25.6 Å². The molecule has 1 aliphatic carbocycles. The monoisotopic (exact) mass is 838 g/mol. The average molecular weight is 839 g/mol. The van der Waals surface area contributed by atoms with Crippen LogP contribution in [0, 0.1) is 11.3 Å². The van der Waals surface area contributed by atoms with E-state index in [0.717, 1.165) is 19.3 Å². The summed E-state index contributed by atoms with van der Waals surface area (Å²) in [6.07, 6.45) is 9.40. The van der Waals surface area contributed by atoms with Crippen molar-refractivity contribution in [3.63, 3.8) is 0 Å². The maximum absolute atomic E-state index is 14.8. The van der Waals surface area contributed by atoms with Crippen LogP contribution < -0.4 is 25.4 Å². The van der Waals surface area contributed by atoms with Crippen molar-refractivity contribution < 1.29 is 37.1 Å². The van der Waals surface area contributed by atoms with Gasteiger partial charge in [-0.2, -0.15) is 0 Å². The van der Waals surface area contributed by atoms with E-state index in [-0.39, 0.29) is 41.8 Å². The van der Waals surface area contributed by atoms with E-state index in [2.05, 4.69) is 35.6 Å². The standard InChI is InChI=1S/C40H51ClN8O8S/c1-5-12-29(36(51)48-58(55,56)28-15-10-7-11-16-28)45-37(52)31-21-27(57-32-18-17-26(41)22-44-32)24-49(31)39(54)34(40(2,3)4)47-38(53)33(25-13-8-6-9-14-25)46-35(50)30-23-42-19-20-43-30/h7,10-11,15-20,22-23,25,27,29,31,33-34H,5-6,8-9,12-14,21,24H2,1-4H3,(H,45,52)(H,46,50)(H,47,53)(H,48,51)/t27-,29+,31+,33+,34-/m1/s1. The summed E-state index contributed by atoms with van der Waals surface area (Å²) in [6, 6.07) is 5.86. The molecule has 5 amide bonds. The first kappa shape index (κ1) is 44.0. The van der Waals surface area contributed by atoms with Gasteiger partial charge in [-0.25, -0.2) is 23.1 Å². The maximum Gasteiger partial charge on any atom is 0.272 e. The first-order valence-corrected chi connectivity index (χ1v) is 21.3. The summed E-state index contributed by atoms with van der Waals surface area (Å²) in [5.41, 5.74) is -0.855. The highest BCUT2D eigenvalue weighted by Gasteiger charge is 2.47. The van der Waals surface area contributed by atoms with Crippen LogP contribution in [0.25, 0.3) is 0 Å². The van der Waals surface area contributed by atoms with Crippen molar-refractivity contribution in [2.24, 2.45) is 11.3 Å². The topological polar surface area (TPSA) is 219 Å². The quantitative estimate of drug-likeness (QED) is 0.173. The van der Waals surface area contributed by atoms with Gasteiger partial charge in [0.1, 0.15) is 36.0 Å². The fourth-order valence-electron chi connectivity index (χ4n) is 7.21. The largest absolute Gasteiger partial charge is 0.472 e. The van der Waals surface area contributed by atoms with E-state index in [4.69, 9.17) is 16.3 Å². The fraction of sp³-hybridized carbons (Fsp3) is 0.500. The molecule has 16 nitrogen and oxygen atoms in total. The molecule has 0 bridgehead atoms. The van der Waals surface area contributed by atoms with Gasteiger partial charge in [0.05, 0.1) is 22.7 Å². The predicted octanol–water partition coefficient (Wildman–Crippen LogP) is 3.57. The first-order valence-electron chi connectivity index (χ1n) is 19.5. The van der Waals surface area contributed by atoms with E-state index < -0.39 is 75.2 Å². The Bertz CT molecular complexity index is 2010. The van der Waals surface area contributed by atoms with E-state index in [9.17, 15) is 32.4 Å². The number of pyridine rings is 1.